The number of nitrogens with one attached hydrogen (secondary N) is 1. The molecule has 3 nitrogen and oxygen atoms in total. The van der Waals surface area contributed by atoms with Crippen LogP contribution in [0.2, 0.25) is 0 Å². The molecule has 0 aliphatic carbocycles. The van der Waals surface area contributed by atoms with Crippen LogP contribution in [0, 0.1) is 11.8 Å². The average Bonchev–Trinajstić information content (AvgIpc) is 2.56. The SMILES string of the molecule is CC(C)CCN1[C@@H]2CC[C@H]1C[C@H](NC(=O)C(C)C)C2. The highest BCUT2D eigenvalue weighted by Gasteiger charge is 2.40. The molecule has 2 fully saturated rings. The summed E-state index contributed by atoms with van der Waals surface area (Å²) in [6, 6.07) is 1.85. The van der Waals surface area contributed by atoms with E-state index in [-0.39, 0.29) is 11.8 Å². The fraction of sp³-hybridized carbons (Fsp3) is 0.938. The van der Waals surface area contributed by atoms with Crippen molar-refractivity contribution in [3.05, 3.63) is 0 Å². The van der Waals surface area contributed by atoms with Crippen molar-refractivity contribution < 1.29 is 4.79 Å². The first-order chi connectivity index (χ1) is 8.97. The van der Waals surface area contributed by atoms with Gasteiger partial charge in [-0.15, -0.1) is 0 Å². The van der Waals surface area contributed by atoms with Gasteiger partial charge in [0, 0.05) is 24.0 Å². The molecule has 2 rings (SSSR count). The first-order valence-corrected chi connectivity index (χ1v) is 8.03. The van der Waals surface area contributed by atoms with E-state index in [1.165, 1.54) is 25.8 Å². The van der Waals surface area contributed by atoms with E-state index in [2.05, 4.69) is 24.1 Å². The van der Waals surface area contributed by atoms with E-state index in [4.69, 9.17) is 0 Å². The van der Waals surface area contributed by atoms with E-state index < -0.39 is 0 Å². The number of hydrogen-bond donors (Lipinski definition) is 1. The molecule has 3 heteroatoms. The van der Waals surface area contributed by atoms with Crippen molar-refractivity contribution in [3.8, 4) is 0 Å². The number of carbonyl (C=O) groups excluding carboxylic acids is 1. The van der Waals surface area contributed by atoms with Crippen molar-refractivity contribution >= 4 is 5.91 Å². The number of rotatable bonds is 5. The molecule has 0 saturated carbocycles. The van der Waals surface area contributed by atoms with Gasteiger partial charge < -0.3 is 5.32 Å². The average molecular weight is 266 g/mol. The Hall–Kier alpha value is -0.570. The normalized spacial score (nSPS) is 31.2. The number of nitrogens with zero attached hydrogens (tertiary/aromatic N) is 1. The van der Waals surface area contributed by atoms with Crippen LogP contribution < -0.4 is 5.32 Å². The molecule has 110 valence electrons. The third-order valence-electron chi connectivity index (χ3n) is 4.72. The van der Waals surface area contributed by atoms with Crippen LogP contribution in [0.15, 0.2) is 0 Å². The molecule has 0 unspecified atom stereocenters. The fourth-order valence-corrected chi connectivity index (χ4v) is 3.53. The maximum absolute atomic E-state index is 11.8. The molecule has 2 bridgehead atoms. The van der Waals surface area contributed by atoms with Gasteiger partial charge in [0.2, 0.25) is 5.91 Å². The monoisotopic (exact) mass is 266 g/mol. The number of amides is 1. The molecule has 0 radical (unpaired) electrons. The predicted molar refractivity (Wildman–Crippen MR) is 79.0 cm³/mol. The number of hydrogen-bond acceptors (Lipinski definition) is 2. The van der Waals surface area contributed by atoms with E-state index in [0.717, 1.165) is 30.8 Å². The zero-order valence-corrected chi connectivity index (χ0v) is 13.0. The molecule has 19 heavy (non-hydrogen) atoms. The molecule has 2 saturated heterocycles. The zero-order chi connectivity index (χ0) is 14.0. The van der Waals surface area contributed by atoms with Crippen LogP contribution in [0.5, 0.6) is 0 Å². The summed E-state index contributed by atoms with van der Waals surface area (Å²) in [5.74, 6) is 1.12. The Morgan fingerprint density at radius 1 is 1.16 bits per heavy atom. The Morgan fingerprint density at radius 2 is 1.74 bits per heavy atom. The molecule has 0 aromatic carbocycles. The van der Waals surface area contributed by atoms with Gasteiger partial charge in [-0.25, -0.2) is 0 Å². The third kappa shape index (κ3) is 3.71. The molecular weight excluding hydrogens is 236 g/mol. The van der Waals surface area contributed by atoms with Gasteiger partial charge in [-0.2, -0.15) is 0 Å². The van der Waals surface area contributed by atoms with Gasteiger partial charge in [-0.1, -0.05) is 27.7 Å². The summed E-state index contributed by atoms with van der Waals surface area (Å²) < 4.78 is 0. The minimum atomic E-state index is 0.108. The molecule has 1 amide bonds. The summed E-state index contributed by atoms with van der Waals surface area (Å²) in [6.07, 6.45) is 6.28. The van der Waals surface area contributed by atoms with Crippen molar-refractivity contribution in [2.45, 2.75) is 77.9 Å². The molecule has 3 atom stereocenters. The molecule has 0 spiro atoms. The Kier molecular flexibility index (Phi) is 4.88. The van der Waals surface area contributed by atoms with Crippen molar-refractivity contribution in [2.75, 3.05) is 6.54 Å². The second-order valence-corrected chi connectivity index (χ2v) is 7.14. The van der Waals surface area contributed by atoms with Crippen LogP contribution in [0.25, 0.3) is 0 Å². The number of fused-ring (bicyclic) bond motifs is 2. The Balaban J connectivity index is 1.85. The summed E-state index contributed by atoms with van der Waals surface area (Å²) in [4.78, 5) is 14.5. The van der Waals surface area contributed by atoms with E-state index >= 15 is 0 Å². The zero-order valence-electron chi connectivity index (χ0n) is 13.0. The van der Waals surface area contributed by atoms with E-state index in [0.29, 0.717) is 6.04 Å². The van der Waals surface area contributed by atoms with Gasteiger partial charge in [-0.05, 0) is 44.6 Å². The van der Waals surface area contributed by atoms with E-state index in [9.17, 15) is 4.79 Å². The van der Waals surface area contributed by atoms with Crippen LogP contribution >= 0.6 is 0 Å². The van der Waals surface area contributed by atoms with Crippen molar-refractivity contribution in [1.29, 1.82) is 0 Å². The van der Waals surface area contributed by atoms with Crippen LogP contribution in [0.1, 0.15) is 59.8 Å². The van der Waals surface area contributed by atoms with Crippen LogP contribution in [0.4, 0.5) is 0 Å². The van der Waals surface area contributed by atoms with Gasteiger partial charge in [0.25, 0.3) is 0 Å². The van der Waals surface area contributed by atoms with Gasteiger partial charge in [0.05, 0.1) is 0 Å². The molecule has 2 aliphatic rings. The minimum Gasteiger partial charge on any atom is -0.353 e. The van der Waals surface area contributed by atoms with E-state index in [1.54, 1.807) is 0 Å². The Morgan fingerprint density at radius 3 is 2.21 bits per heavy atom. The number of carbonyl (C=O) groups is 1. The lowest BCUT2D eigenvalue weighted by Crippen LogP contribution is -2.51. The molecule has 1 N–H and O–H groups in total. The summed E-state index contributed by atoms with van der Waals surface area (Å²) in [5.41, 5.74) is 0. The highest BCUT2D eigenvalue weighted by atomic mass is 16.1. The van der Waals surface area contributed by atoms with Crippen molar-refractivity contribution in [1.82, 2.24) is 10.2 Å². The second-order valence-electron chi connectivity index (χ2n) is 7.14. The lowest BCUT2D eigenvalue weighted by molar-refractivity contribution is -0.125. The maximum Gasteiger partial charge on any atom is 0.222 e. The first-order valence-electron chi connectivity index (χ1n) is 8.03. The summed E-state index contributed by atoms with van der Waals surface area (Å²) in [5, 5.41) is 3.24. The van der Waals surface area contributed by atoms with Crippen LogP contribution in [-0.2, 0) is 4.79 Å². The number of piperidine rings is 1. The quantitative estimate of drug-likeness (QED) is 0.830. The fourth-order valence-electron chi connectivity index (χ4n) is 3.53. The second kappa shape index (κ2) is 6.25. The molecule has 2 aliphatic heterocycles. The van der Waals surface area contributed by atoms with Crippen LogP contribution in [-0.4, -0.2) is 35.5 Å². The summed E-state index contributed by atoms with van der Waals surface area (Å²) in [6.45, 7) is 9.80. The summed E-state index contributed by atoms with van der Waals surface area (Å²) >= 11 is 0. The molecule has 0 aromatic rings. The van der Waals surface area contributed by atoms with Gasteiger partial charge >= 0.3 is 0 Å². The van der Waals surface area contributed by atoms with Crippen molar-refractivity contribution in [2.24, 2.45) is 11.8 Å². The highest BCUT2D eigenvalue weighted by Crippen LogP contribution is 2.36. The van der Waals surface area contributed by atoms with Gasteiger partial charge in [0.15, 0.2) is 0 Å². The van der Waals surface area contributed by atoms with Gasteiger partial charge in [0.1, 0.15) is 0 Å². The molecule has 0 aromatic heterocycles. The van der Waals surface area contributed by atoms with E-state index in [1.807, 2.05) is 13.8 Å². The smallest absolute Gasteiger partial charge is 0.222 e. The van der Waals surface area contributed by atoms with Crippen molar-refractivity contribution in [3.63, 3.8) is 0 Å². The topological polar surface area (TPSA) is 32.3 Å². The summed E-state index contributed by atoms with van der Waals surface area (Å²) in [7, 11) is 0. The largest absolute Gasteiger partial charge is 0.353 e. The van der Waals surface area contributed by atoms with Crippen LogP contribution in [0.3, 0.4) is 0 Å². The Labute approximate surface area is 118 Å². The lowest BCUT2D eigenvalue weighted by Gasteiger charge is -2.39. The standard InChI is InChI=1S/C16H30N2O/c1-11(2)7-8-18-14-5-6-15(18)10-13(9-14)17-16(19)12(3)4/h11-15H,5-10H2,1-4H3,(H,17,19)/t13-,14-,15+. The third-order valence-corrected chi connectivity index (χ3v) is 4.72. The Bertz CT molecular complexity index is 300. The molecular formula is C16H30N2O. The maximum atomic E-state index is 11.8. The molecule has 2 heterocycles. The van der Waals surface area contributed by atoms with Gasteiger partial charge in [-0.3, -0.25) is 9.69 Å². The minimum absolute atomic E-state index is 0.108. The first kappa shape index (κ1) is 14.8. The predicted octanol–water partition coefficient (Wildman–Crippen LogP) is 2.80. The lowest BCUT2D eigenvalue weighted by atomic mass is 9.96. The highest BCUT2D eigenvalue weighted by molar-refractivity contribution is 5.78.